The third-order valence-corrected chi connectivity index (χ3v) is 3.73. The van der Waals surface area contributed by atoms with E-state index < -0.39 is 12.1 Å². The summed E-state index contributed by atoms with van der Waals surface area (Å²) in [6, 6.07) is 23.6. The van der Waals surface area contributed by atoms with Crippen molar-refractivity contribution in [2.24, 2.45) is 0 Å². The van der Waals surface area contributed by atoms with Crippen LogP contribution in [0.15, 0.2) is 89.9 Å². The van der Waals surface area contributed by atoms with Crippen molar-refractivity contribution >= 4 is 0 Å². The molecule has 22 heavy (non-hydrogen) atoms. The monoisotopic (exact) mass is 291 g/mol. The Balaban J connectivity index is 2.12. The van der Waals surface area contributed by atoms with Crippen LogP contribution in [0.4, 0.5) is 0 Å². The average molecular weight is 291 g/mol. The van der Waals surface area contributed by atoms with Gasteiger partial charge in [-0.15, -0.1) is 0 Å². The Kier molecular flexibility index (Phi) is 4.17. The second-order valence-electron chi connectivity index (χ2n) is 5.16. The lowest BCUT2D eigenvalue weighted by molar-refractivity contribution is 0.130. The van der Waals surface area contributed by atoms with Crippen LogP contribution in [0.25, 0.3) is 0 Å². The summed E-state index contributed by atoms with van der Waals surface area (Å²) in [5.74, 6) is 0. The topological polar surface area (TPSA) is 42.2 Å². The summed E-state index contributed by atoms with van der Waals surface area (Å²) in [6.07, 6.45) is 0.912. The molecule has 3 rings (SSSR count). The second kappa shape index (κ2) is 6.41. The Labute approximate surface area is 129 Å². The molecule has 1 aromatic heterocycles. The van der Waals surface area contributed by atoms with E-state index in [1.165, 1.54) is 6.07 Å². The van der Waals surface area contributed by atoms with Gasteiger partial charge in [-0.25, -0.2) is 0 Å². The summed E-state index contributed by atoms with van der Waals surface area (Å²) in [4.78, 5) is 12.2. The number of nitrogens with zero attached hydrogens (tertiary/aromatic N) is 1. The van der Waals surface area contributed by atoms with Gasteiger partial charge in [-0.3, -0.25) is 4.79 Å². The highest BCUT2D eigenvalue weighted by atomic mass is 16.3. The molecule has 0 aliphatic carbocycles. The number of aliphatic hydroxyl groups is 1. The molecular formula is C19H17NO2. The number of hydrogen-bond acceptors (Lipinski definition) is 2. The van der Waals surface area contributed by atoms with Crippen molar-refractivity contribution in [2.75, 3.05) is 0 Å². The van der Waals surface area contributed by atoms with Crippen LogP contribution in [-0.2, 0) is 0 Å². The summed E-state index contributed by atoms with van der Waals surface area (Å²) in [5, 5.41) is 10.9. The van der Waals surface area contributed by atoms with E-state index in [-0.39, 0.29) is 5.56 Å². The highest BCUT2D eigenvalue weighted by molar-refractivity contribution is 5.27. The molecule has 3 nitrogen and oxygen atoms in total. The van der Waals surface area contributed by atoms with Crippen LogP contribution in [0.1, 0.15) is 23.3 Å². The van der Waals surface area contributed by atoms with E-state index in [1.54, 1.807) is 22.9 Å². The van der Waals surface area contributed by atoms with Gasteiger partial charge in [-0.1, -0.05) is 66.7 Å². The predicted molar refractivity (Wildman–Crippen MR) is 86.7 cm³/mol. The van der Waals surface area contributed by atoms with Crippen molar-refractivity contribution in [1.29, 1.82) is 0 Å². The molecule has 1 heterocycles. The molecule has 0 fully saturated rings. The van der Waals surface area contributed by atoms with Crippen LogP contribution in [-0.4, -0.2) is 9.67 Å². The van der Waals surface area contributed by atoms with Crippen LogP contribution in [0.2, 0.25) is 0 Å². The van der Waals surface area contributed by atoms with E-state index in [4.69, 9.17) is 0 Å². The summed E-state index contributed by atoms with van der Waals surface area (Å²) in [6.45, 7) is 0. The predicted octanol–water partition coefficient (Wildman–Crippen LogP) is 3.17. The molecule has 0 bridgehead atoms. The van der Waals surface area contributed by atoms with Crippen LogP contribution in [0.3, 0.4) is 0 Å². The van der Waals surface area contributed by atoms with Crippen molar-refractivity contribution in [3.63, 3.8) is 0 Å². The van der Waals surface area contributed by atoms with Crippen molar-refractivity contribution in [3.05, 3.63) is 107 Å². The maximum Gasteiger partial charge on any atom is 0.251 e. The smallest absolute Gasteiger partial charge is 0.251 e. The normalized spacial score (nSPS) is 13.5. The zero-order chi connectivity index (χ0) is 15.4. The Bertz CT molecular complexity index is 781. The molecule has 2 aromatic carbocycles. The van der Waals surface area contributed by atoms with Crippen molar-refractivity contribution in [2.45, 2.75) is 12.1 Å². The lowest BCUT2D eigenvalue weighted by Crippen LogP contribution is -2.28. The van der Waals surface area contributed by atoms with Gasteiger partial charge in [0.1, 0.15) is 6.10 Å². The number of aromatic nitrogens is 1. The molecule has 0 aliphatic heterocycles. The van der Waals surface area contributed by atoms with Crippen LogP contribution in [0.5, 0.6) is 0 Å². The zero-order valence-electron chi connectivity index (χ0n) is 12.0. The second-order valence-corrected chi connectivity index (χ2v) is 5.16. The zero-order valence-corrected chi connectivity index (χ0v) is 12.0. The quantitative estimate of drug-likeness (QED) is 0.802. The molecule has 0 radical (unpaired) electrons. The molecule has 0 aliphatic rings. The molecule has 1 N–H and O–H groups in total. The molecule has 0 spiro atoms. The van der Waals surface area contributed by atoms with Gasteiger partial charge in [0.25, 0.3) is 5.56 Å². The van der Waals surface area contributed by atoms with E-state index in [9.17, 15) is 9.90 Å². The Morgan fingerprint density at radius 2 is 1.27 bits per heavy atom. The van der Waals surface area contributed by atoms with E-state index in [0.717, 1.165) is 11.1 Å². The number of rotatable bonds is 4. The summed E-state index contributed by atoms with van der Waals surface area (Å²) >= 11 is 0. The van der Waals surface area contributed by atoms with Gasteiger partial charge < -0.3 is 9.67 Å². The minimum atomic E-state index is -0.802. The third kappa shape index (κ3) is 2.85. The maximum absolute atomic E-state index is 12.2. The van der Waals surface area contributed by atoms with Gasteiger partial charge in [-0.05, 0) is 17.2 Å². The molecule has 0 saturated heterocycles. The lowest BCUT2D eigenvalue weighted by atomic mass is 9.95. The molecule has 0 saturated carbocycles. The van der Waals surface area contributed by atoms with E-state index in [0.29, 0.717) is 0 Å². The molecule has 110 valence electrons. The van der Waals surface area contributed by atoms with Gasteiger partial charge in [0, 0.05) is 12.3 Å². The van der Waals surface area contributed by atoms with Gasteiger partial charge >= 0.3 is 0 Å². The van der Waals surface area contributed by atoms with Gasteiger partial charge in [-0.2, -0.15) is 0 Å². The molecule has 3 heteroatoms. The van der Waals surface area contributed by atoms with Crippen LogP contribution in [0, 0.1) is 0 Å². The average Bonchev–Trinajstić information content (AvgIpc) is 2.58. The first kappa shape index (κ1) is 14.3. The first-order valence-electron chi connectivity index (χ1n) is 7.22. The number of pyridine rings is 1. The third-order valence-electron chi connectivity index (χ3n) is 3.73. The first-order valence-corrected chi connectivity index (χ1v) is 7.22. The molecular weight excluding hydrogens is 274 g/mol. The number of aliphatic hydroxyl groups excluding tert-OH is 1. The molecule has 2 atom stereocenters. The van der Waals surface area contributed by atoms with E-state index >= 15 is 0 Å². The highest BCUT2D eigenvalue weighted by Gasteiger charge is 2.24. The van der Waals surface area contributed by atoms with Crippen LogP contribution < -0.4 is 5.56 Å². The fourth-order valence-electron chi connectivity index (χ4n) is 2.65. The number of benzene rings is 2. The molecule has 0 amide bonds. The summed E-state index contributed by atoms with van der Waals surface area (Å²) in [7, 11) is 0. The lowest BCUT2D eigenvalue weighted by Gasteiger charge is -2.26. The molecule has 3 aromatic rings. The first-order chi connectivity index (χ1) is 10.8. The Morgan fingerprint density at radius 3 is 1.86 bits per heavy atom. The number of hydrogen-bond donors (Lipinski definition) is 1. The highest BCUT2D eigenvalue weighted by Crippen LogP contribution is 2.31. The standard InChI is InChI=1S/C19H17NO2/c21-17-13-7-8-14-20(17)18(15-9-3-1-4-10-15)19(22)16-11-5-2-6-12-16/h1-14,18-19,22H/t18-,19-/m1/s1. The van der Waals surface area contributed by atoms with Gasteiger partial charge in [0.05, 0.1) is 6.04 Å². The largest absolute Gasteiger partial charge is 0.386 e. The summed E-state index contributed by atoms with van der Waals surface area (Å²) < 4.78 is 1.58. The van der Waals surface area contributed by atoms with E-state index in [1.807, 2.05) is 60.7 Å². The summed E-state index contributed by atoms with van der Waals surface area (Å²) in [5.41, 5.74) is 1.55. The Hall–Kier alpha value is -2.65. The maximum atomic E-state index is 12.2. The minimum Gasteiger partial charge on any atom is -0.386 e. The minimum absolute atomic E-state index is 0.133. The Morgan fingerprint density at radius 1 is 0.727 bits per heavy atom. The van der Waals surface area contributed by atoms with Crippen LogP contribution >= 0.6 is 0 Å². The van der Waals surface area contributed by atoms with E-state index in [2.05, 4.69) is 0 Å². The van der Waals surface area contributed by atoms with Gasteiger partial charge in [0.15, 0.2) is 0 Å². The van der Waals surface area contributed by atoms with Crippen molar-refractivity contribution < 1.29 is 5.11 Å². The SMILES string of the molecule is O=c1ccccn1[C@H](c1ccccc1)[C@H](O)c1ccccc1. The molecule has 0 unspecified atom stereocenters. The fourth-order valence-corrected chi connectivity index (χ4v) is 2.65. The van der Waals surface area contributed by atoms with Crippen molar-refractivity contribution in [3.8, 4) is 0 Å². The fraction of sp³-hybridized carbons (Fsp3) is 0.105. The van der Waals surface area contributed by atoms with Gasteiger partial charge in [0.2, 0.25) is 0 Å². The van der Waals surface area contributed by atoms with Crippen molar-refractivity contribution in [1.82, 2.24) is 4.57 Å².